The van der Waals surface area contributed by atoms with Gasteiger partial charge in [0.05, 0.1) is 38.7 Å². The molecule has 2 atom stereocenters. The van der Waals surface area contributed by atoms with Gasteiger partial charge in [0, 0.05) is 5.70 Å². The van der Waals surface area contributed by atoms with Crippen LogP contribution in [0.15, 0.2) is 71.0 Å². The summed E-state index contributed by atoms with van der Waals surface area (Å²) in [5.74, 6) is 0.562. The van der Waals surface area contributed by atoms with Crippen LogP contribution in [-0.4, -0.2) is 49.9 Å². The molecule has 1 aliphatic heterocycles. The summed E-state index contributed by atoms with van der Waals surface area (Å²) in [4.78, 5) is 24.6. The lowest BCUT2D eigenvalue weighted by atomic mass is 9.95. The molecule has 0 fully saturated rings. The maximum absolute atomic E-state index is 13.2. The summed E-state index contributed by atoms with van der Waals surface area (Å²) < 4.78 is 37.3. The highest BCUT2D eigenvalue weighted by molar-refractivity contribution is 14.1. The van der Waals surface area contributed by atoms with Crippen LogP contribution in [-0.2, 0) is 16.1 Å². The summed E-state index contributed by atoms with van der Waals surface area (Å²) in [6, 6.07) is 13.7. The average molecular weight is 844 g/mol. The molecular weight excluding hydrogens is 813 g/mol. The van der Waals surface area contributed by atoms with Gasteiger partial charge >= 0.3 is 12.0 Å². The van der Waals surface area contributed by atoms with Crippen molar-refractivity contribution in [2.24, 2.45) is 5.10 Å². The lowest BCUT2D eigenvalue weighted by Gasteiger charge is -2.28. The molecule has 4 N–H and O–H groups in total. The third-order valence-corrected chi connectivity index (χ3v) is 8.03. The van der Waals surface area contributed by atoms with Gasteiger partial charge in [-0.1, -0.05) is 18.2 Å². The van der Waals surface area contributed by atoms with E-state index >= 15 is 0 Å². The average Bonchev–Trinajstić information content (AvgIpc) is 3.00. The quantitative estimate of drug-likeness (QED) is 0.0611. The van der Waals surface area contributed by atoms with Crippen LogP contribution >= 0.6 is 45.2 Å². The Morgan fingerprint density at radius 3 is 2.47 bits per heavy atom. The Balaban J connectivity index is 1.37. The van der Waals surface area contributed by atoms with Gasteiger partial charge in [-0.15, -0.1) is 0 Å². The highest BCUT2D eigenvalue weighted by Crippen LogP contribution is 2.35. The van der Waals surface area contributed by atoms with Crippen molar-refractivity contribution in [3.8, 4) is 17.2 Å². The SMILES string of the molecule is CCOc1cc([C@@H]2NC(=O)NC(C)=C2C(=O)OC)ccc1OC[C@H](O)N/N=C\c1cc(I)c(OCc2ccc(F)cc2)c(I)c1. The fourth-order valence-corrected chi connectivity index (χ4v) is 6.48. The third-order valence-electron chi connectivity index (χ3n) is 6.43. The Bertz CT molecular complexity index is 1580. The number of esters is 1. The molecule has 0 unspecified atom stereocenters. The monoisotopic (exact) mass is 844 g/mol. The molecule has 238 valence electrons. The summed E-state index contributed by atoms with van der Waals surface area (Å²) in [5.41, 5.74) is 5.51. The Hall–Kier alpha value is -3.64. The van der Waals surface area contributed by atoms with E-state index in [-0.39, 0.29) is 18.0 Å². The number of hydrogen-bond acceptors (Lipinski definition) is 9. The Morgan fingerprint density at radius 2 is 1.80 bits per heavy atom. The van der Waals surface area contributed by atoms with Crippen molar-refractivity contribution in [3.63, 3.8) is 0 Å². The number of allylic oxidation sites excluding steroid dienone is 1. The van der Waals surface area contributed by atoms with E-state index in [2.05, 4.69) is 66.3 Å². The summed E-state index contributed by atoms with van der Waals surface area (Å²) >= 11 is 4.35. The molecule has 1 aliphatic rings. The number of hydrazone groups is 1. The molecule has 0 spiro atoms. The van der Waals surface area contributed by atoms with Gasteiger partial charge in [-0.2, -0.15) is 5.10 Å². The highest BCUT2D eigenvalue weighted by Gasteiger charge is 2.32. The molecule has 1 heterocycles. The van der Waals surface area contributed by atoms with E-state index in [4.69, 9.17) is 18.9 Å². The molecule has 4 rings (SSSR count). The Labute approximate surface area is 286 Å². The van der Waals surface area contributed by atoms with Crippen LogP contribution in [0.4, 0.5) is 9.18 Å². The van der Waals surface area contributed by atoms with Crippen molar-refractivity contribution < 1.29 is 38.0 Å². The Kier molecular flexibility index (Phi) is 12.2. The summed E-state index contributed by atoms with van der Waals surface area (Å²) in [6.45, 7) is 3.92. The van der Waals surface area contributed by atoms with Crippen LogP contribution < -0.4 is 30.3 Å². The number of aliphatic hydroxyl groups is 1. The third kappa shape index (κ3) is 9.20. The predicted molar refractivity (Wildman–Crippen MR) is 182 cm³/mol. The minimum atomic E-state index is -1.15. The first-order valence-corrected chi connectivity index (χ1v) is 15.8. The number of hydrogen-bond donors (Lipinski definition) is 4. The number of carbonyl (C=O) groups is 2. The number of benzene rings is 3. The molecule has 3 aromatic carbocycles. The predicted octanol–water partition coefficient (Wildman–Crippen LogP) is 5.13. The Morgan fingerprint density at radius 1 is 1.09 bits per heavy atom. The van der Waals surface area contributed by atoms with Gasteiger partial charge in [-0.05, 0) is 112 Å². The standard InChI is InChI=1S/C31H31FI2N4O7/c1-4-43-25-13-20(28-27(30(40)42-3)17(2)36-31(41)37-28)7-10-24(25)44-16-26(39)38-35-14-19-11-22(33)29(23(34)12-19)45-15-18-5-8-21(32)9-6-18/h5-14,26,28,38-39H,4,15-16H2,1-3H3,(H2,36,37,41)/b35-14-/t26-,28-/m0/s1. The smallest absolute Gasteiger partial charge is 0.337 e. The first-order chi connectivity index (χ1) is 21.6. The topological polar surface area (TPSA) is 140 Å². The van der Waals surface area contributed by atoms with Crippen LogP contribution in [0.25, 0.3) is 0 Å². The minimum absolute atomic E-state index is 0.154. The number of aliphatic hydroxyl groups excluding tert-OH is 1. The fraction of sp³-hybridized carbons (Fsp3) is 0.258. The fourth-order valence-electron chi connectivity index (χ4n) is 4.35. The number of carbonyl (C=O) groups excluding carboxylic acids is 2. The summed E-state index contributed by atoms with van der Waals surface area (Å²) in [5, 5.41) is 19.9. The first kappa shape index (κ1) is 34.2. The van der Waals surface area contributed by atoms with E-state index in [0.717, 1.165) is 18.3 Å². The van der Waals surface area contributed by atoms with E-state index in [9.17, 15) is 19.1 Å². The van der Waals surface area contributed by atoms with Gasteiger partial charge in [0.25, 0.3) is 0 Å². The number of halogens is 3. The van der Waals surface area contributed by atoms with Crippen LogP contribution in [0, 0.1) is 13.0 Å². The van der Waals surface area contributed by atoms with Gasteiger partial charge in [-0.25, -0.2) is 14.0 Å². The second kappa shape index (κ2) is 16.1. The van der Waals surface area contributed by atoms with Crippen LogP contribution in [0.5, 0.6) is 17.2 Å². The molecule has 0 radical (unpaired) electrons. The zero-order valence-corrected chi connectivity index (χ0v) is 28.8. The molecule has 0 saturated heterocycles. The van der Waals surface area contributed by atoms with Crippen molar-refractivity contribution >= 4 is 63.4 Å². The van der Waals surface area contributed by atoms with E-state index in [1.807, 2.05) is 19.1 Å². The van der Waals surface area contributed by atoms with E-state index in [1.54, 1.807) is 43.5 Å². The van der Waals surface area contributed by atoms with Gasteiger partial charge in [-0.3, -0.25) is 5.43 Å². The molecule has 0 aromatic heterocycles. The molecule has 0 bridgehead atoms. The van der Waals surface area contributed by atoms with Crippen molar-refractivity contribution in [3.05, 3.63) is 95.5 Å². The van der Waals surface area contributed by atoms with E-state index in [1.165, 1.54) is 19.2 Å². The maximum atomic E-state index is 13.2. The van der Waals surface area contributed by atoms with Crippen LogP contribution in [0.3, 0.4) is 0 Å². The van der Waals surface area contributed by atoms with Crippen molar-refractivity contribution in [1.29, 1.82) is 0 Å². The van der Waals surface area contributed by atoms with Crippen LogP contribution in [0.1, 0.15) is 36.6 Å². The van der Waals surface area contributed by atoms with Gasteiger partial charge in [0.1, 0.15) is 24.8 Å². The van der Waals surface area contributed by atoms with Crippen molar-refractivity contribution in [2.75, 3.05) is 20.3 Å². The molecule has 11 nitrogen and oxygen atoms in total. The van der Waals surface area contributed by atoms with Gasteiger partial charge in [0.15, 0.2) is 17.7 Å². The molecule has 0 aliphatic carbocycles. The second-order valence-corrected chi connectivity index (χ2v) is 12.0. The summed E-state index contributed by atoms with van der Waals surface area (Å²) in [7, 11) is 1.27. The van der Waals surface area contributed by atoms with Crippen molar-refractivity contribution in [2.45, 2.75) is 32.7 Å². The van der Waals surface area contributed by atoms with Crippen LogP contribution in [0.2, 0.25) is 0 Å². The maximum Gasteiger partial charge on any atom is 0.337 e. The zero-order chi connectivity index (χ0) is 32.5. The minimum Gasteiger partial charge on any atom is -0.490 e. The highest BCUT2D eigenvalue weighted by atomic mass is 127. The number of rotatable bonds is 13. The van der Waals surface area contributed by atoms with Crippen molar-refractivity contribution in [1.82, 2.24) is 16.1 Å². The second-order valence-electron chi connectivity index (χ2n) is 9.64. The molecular formula is C31H31FI2N4O7. The molecule has 14 heteroatoms. The normalized spacial score (nSPS) is 15.3. The molecule has 0 saturated carbocycles. The number of nitrogens with one attached hydrogen (secondary N) is 3. The summed E-state index contributed by atoms with van der Waals surface area (Å²) in [6.07, 6.45) is 0.423. The molecule has 45 heavy (non-hydrogen) atoms. The molecule has 3 aromatic rings. The number of ether oxygens (including phenoxy) is 4. The van der Waals surface area contributed by atoms with E-state index < -0.39 is 24.3 Å². The number of methoxy groups -OCH3 is 1. The zero-order valence-electron chi connectivity index (χ0n) is 24.5. The van der Waals surface area contributed by atoms with Gasteiger partial charge < -0.3 is 34.7 Å². The largest absolute Gasteiger partial charge is 0.490 e. The number of urea groups is 1. The first-order valence-electron chi connectivity index (χ1n) is 13.7. The number of nitrogens with zero attached hydrogens (tertiary/aromatic N) is 1. The lowest BCUT2D eigenvalue weighted by Crippen LogP contribution is -2.45. The lowest BCUT2D eigenvalue weighted by molar-refractivity contribution is -0.136. The van der Waals surface area contributed by atoms with Gasteiger partial charge in [0.2, 0.25) is 0 Å². The number of amides is 2. The van der Waals surface area contributed by atoms with E-state index in [0.29, 0.717) is 41.7 Å². The molecule has 2 amide bonds.